The quantitative estimate of drug-likeness (QED) is 0.126. The minimum Gasteiger partial charge on any atom is -0.378 e. The van der Waals surface area contributed by atoms with E-state index in [-0.39, 0.29) is 11.5 Å². The summed E-state index contributed by atoms with van der Waals surface area (Å²) < 4.78 is 20.3. The van der Waals surface area contributed by atoms with Gasteiger partial charge in [0, 0.05) is 25.2 Å². The maximum Gasteiger partial charge on any atom is 0.0637 e. The van der Waals surface area contributed by atoms with Crippen LogP contribution in [0.1, 0.15) is 104 Å². The Labute approximate surface area is 270 Å². The molecule has 0 radical (unpaired) electrons. The Morgan fingerprint density at radius 2 is 1.39 bits per heavy atom. The second-order valence-electron chi connectivity index (χ2n) is 15.5. The number of rotatable bonds is 20. The van der Waals surface area contributed by atoms with Crippen LogP contribution in [0.2, 0.25) is 0 Å². The Balaban J connectivity index is 1.57. The van der Waals surface area contributed by atoms with Crippen molar-refractivity contribution < 1.29 is 14.2 Å². The monoisotopic (exact) mass is 622 g/mol. The van der Waals surface area contributed by atoms with Crippen molar-refractivity contribution in [1.82, 2.24) is 5.32 Å². The fourth-order valence-corrected chi connectivity index (χ4v) is 10.7. The highest BCUT2D eigenvalue weighted by Crippen LogP contribution is 2.69. The number of nitrogens with one attached hydrogen (secondary N) is 1. The number of fused-ring (bicyclic) bond motifs is 5. The van der Waals surface area contributed by atoms with E-state index in [4.69, 9.17) is 37.1 Å². The highest BCUT2D eigenvalue weighted by Gasteiger charge is 2.66. The molecule has 0 saturated heterocycles. The molecule has 4 saturated carbocycles. The van der Waals surface area contributed by atoms with Crippen LogP contribution >= 0.6 is 0 Å². The van der Waals surface area contributed by atoms with E-state index >= 15 is 0 Å². The summed E-state index contributed by atoms with van der Waals surface area (Å²) in [7, 11) is 0. The van der Waals surface area contributed by atoms with E-state index in [9.17, 15) is 0 Å². The predicted molar refractivity (Wildman–Crippen MR) is 181 cm³/mol. The summed E-state index contributed by atoms with van der Waals surface area (Å²) in [4.78, 5) is 0. The van der Waals surface area contributed by atoms with Crippen molar-refractivity contribution in [2.24, 2.45) is 69.3 Å². The van der Waals surface area contributed by atoms with E-state index in [1.165, 1.54) is 44.9 Å². The van der Waals surface area contributed by atoms with Gasteiger partial charge in [-0.05, 0) is 164 Å². The van der Waals surface area contributed by atoms with Crippen LogP contribution in [-0.2, 0) is 14.2 Å². The first-order valence-electron chi connectivity index (χ1n) is 18.7. The van der Waals surface area contributed by atoms with Crippen molar-refractivity contribution >= 4 is 0 Å². The van der Waals surface area contributed by atoms with Gasteiger partial charge in [-0.15, -0.1) is 0 Å². The molecule has 4 fully saturated rings. The van der Waals surface area contributed by atoms with Crippen molar-refractivity contribution in [2.75, 3.05) is 59.1 Å². The third-order valence-corrected chi connectivity index (χ3v) is 13.1. The highest BCUT2D eigenvalue weighted by molar-refractivity contribution is 5.15. The molecule has 0 aliphatic heterocycles. The van der Waals surface area contributed by atoms with Gasteiger partial charge in [-0.2, -0.15) is 0 Å². The van der Waals surface area contributed by atoms with Gasteiger partial charge < -0.3 is 42.5 Å². The maximum absolute atomic E-state index is 6.99. The molecular formula is C36H71N5O3. The van der Waals surface area contributed by atoms with Gasteiger partial charge in [0.05, 0.1) is 18.3 Å². The minimum absolute atomic E-state index is 0.170. The van der Waals surface area contributed by atoms with E-state index in [0.717, 1.165) is 78.0 Å². The molecule has 4 rings (SSSR count). The van der Waals surface area contributed by atoms with Gasteiger partial charge in [-0.3, -0.25) is 0 Å². The molecule has 8 heteroatoms. The zero-order valence-electron chi connectivity index (χ0n) is 28.8. The molecule has 0 bridgehead atoms. The van der Waals surface area contributed by atoms with E-state index in [1.54, 1.807) is 0 Å². The Morgan fingerprint density at radius 1 is 0.727 bits per heavy atom. The van der Waals surface area contributed by atoms with Crippen LogP contribution < -0.4 is 28.3 Å². The molecule has 4 aliphatic carbocycles. The van der Waals surface area contributed by atoms with Crippen molar-refractivity contribution in [1.29, 1.82) is 0 Å². The molecule has 0 aromatic carbocycles. The lowest BCUT2D eigenvalue weighted by molar-refractivity contribution is -0.227. The third-order valence-electron chi connectivity index (χ3n) is 13.1. The maximum atomic E-state index is 6.99. The summed E-state index contributed by atoms with van der Waals surface area (Å²) in [6, 6.07) is 0. The number of ether oxygens (including phenoxy) is 3. The molecule has 0 amide bonds. The van der Waals surface area contributed by atoms with Gasteiger partial charge in [-0.25, -0.2) is 0 Å². The van der Waals surface area contributed by atoms with Crippen LogP contribution in [-0.4, -0.2) is 77.4 Å². The normalized spacial score (nSPS) is 39.1. The van der Waals surface area contributed by atoms with E-state index in [2.05, 4.69) is 26.1 Å². The molecule has 44 heavy (non-hydrogen) atoms. The second kappa shape index (κ2) is 17.7. The molecule has 258 valence electrons. The standard InChI is InChI=1S/C36H71N5O3/c1-26(9-4-18-41-19-5-14-37)29-10-11-30-34-31(25-33(36(29,30)3)44-22-8-17-40)35(2)13-12-28(42-20-6-15-38)23-27(35)24-32(34)43-21-7-16-39/h26-34,41H,4-25,37-40H2,1-3H3/t26-,27?,28-,29-,30+,31+,32-,33+,34+,35+,36-/m1/s1. The average Bonchev–Trinajstić information content (AvgIpc) is 3.38. The van der Waals surface area contributed by atoms with Crippen molar-refractivity contribution in [3.8, 4) is 0 Å². The lowest BCUT2D eigenvalue weighted by Gasteiger charge is -2.65. The molecule has 0 heterocycles. The van der Waals surface area contributed by atoms with Crippen LogP contribution in [0.4, 0.5) is 0 Å². The molecule has 0 aromatic heterocycles. The van der Waals surface area contributed by atoms with E-state index in [1.807, 2.05) is 0 Å². The summed E-state index contributed by atoms with van der Waals surface area (Å²) in [5.74, 6) is 3.85. The Bertz CT molecular complexity index is 821. The van der Waals surface area contributed by atoms with Crippen molar-refractivity contribution in [2.45, 2.75) is 123 Å². The van der Waals surface area contributed by atoms with Gasteiger partial charge in [0.15, 0.2) is 0 Å². The first-order valence-corrected chi connectivity index (χ1v) is 18.7. The first kappa shape index (κ1) is 36.5. The molecule has 8 nitrogen and oxygen atoms in total. The lowest BCUT2D eigenvalue weighted by Crippen LogP contribution is -2.63. The molecule has 4 aliphatic rings. The van der Waals surface area contributed by atoms with Gasteiger partial charge in [0.2, 0.25) is 0 Å². The Hall–Kier alpha value is -0.320. The van der Waals surface area contributed by atoms with Crippen LogP contribution in [0.5, 0.6) is 0 Å². The summed E-state index contributed by atoms with van der Waals surface area (Å²) in [6.45, 7) is 15.1. The molecule has 11 atom stereocenters. The van der Waals surface area contributed by atoms with Crippen LogP contribution in [0, 0.1) is 46.3 Å². The highest BCUT2D eigenvalue weighted by atomic mass is 16.5. The number of hydrogen-bond acceptors (Lipinski definition) is 8. The minimum atomic E-state index is 0.170. The Morgan fingerprint density at radius 3 is 2.09 bits per heavy atom. The van der Waals surface area contributed by atoms with Gasteiger partial charge in [0.25, 0.3) is 0 Å². The number of hydrogen-bond donors (Lipinski definition) is 5. The van der Waals surface area contributed by atoms with Gasteiger partial charge in [0.1, 0.15) is 0 Å². The fourth-order valence-electron chi connectivity index (χ4n) is 10.7. The summed E-state index contributed by atoms with van der Waals surface area (Å²) in [5, 5.41) is 3.60. The predicted octanol–water partition coefficient (Wildman–Crippen LogP) is 4.42. The van der Waals surface area contributed by atoms with Crippen molar-refractivity contribution in [3.63, 3.8) is 0 Å². The van der Waals surface area contributed by atoms with E-state index in [0.29, 0.717) is 72.8 Å². The van der Waals surface area contributed by atoms with Crippen LogP contribution in [0.25, 0.3) is 0 Å². The summed E-state index contributed by atoms with van der Waals surface area (Å²) in [5.41, 5.74) is 23.9. The van der Waals surface area contributed by atoms with Crippen LogP contribution in [0.3, 0.4) is 0 Å². The number of nitrogens with two attached hydrogens (primary N) is 4. The molecule has 0 aromatic rings. The topological polar surface area (TPSA) is 144 Å². The second-order valence-corrected chi connectivity index (χ2v) is 15.5. The summed E-state index contributed by atoms with van der Waals surface area (Å²) in [6.07, 6.45) is 15.8. The lowest BCUT2D eigenvalue weighted by atomic mass is 9.43. The SMILES string of the molecule is C[C@H](CCCNCCCN)[C@H]1CC[C@H]2[C@@H]3[C@H](OCCCN)CC4C[C@H](OCCCN)CC[C@]4(C)[C@H]3C[C@H](OCCCN)[C@]12C. The summed E-state index contributed by atoms with van der Waals surface area (Å²) >= 11 is 0. The molecule has 0 spiro atoms. The molecular weight excluding hydrogens is 550 g/mol. The smallest absolute Gasteiger partial charge is 0.0637 e. The fraction of sp³-hybridized carbons (Fsp3) is 1.00. The zero-order valence-corrected chi connectivity index (χ0v) is 28.8. The largest absolute Gasteiger partial charge is 0.378 e. The Kier molecular flexibility index (Phi) is 14.7. The van der Waals surface area contributed by atoms with Gasteiger partial charge in [-0.1, -0.05) is 20.8 Å². The van der Waals surface area contributed by atoms with Crippen molar-refractivity contribution in [3.05, 3.63) is 0 Å². The molecule has 9 N–H and O–H groups in total. The van der Waals surface area contributed by atoms with Crippen LogP contribution in [0.15, 0.2) is 0 Å². The van der Waals surface area contributed by atoms with Gasteiger partial charge >= 0.3 is 0 Å². The third kappa shape index (κ3) is 8.21. The van der Waals surface area contributed by atoms with E-state index < -0.39 is 0 Å². The zero-order chi connectivity index (χ0) is 31.6. The molecule has 1 unspecified atom stereocenters. The first-order chi connectivity index (χ1) is 21.3. The average molecular weight is 622 g/mol.